The first-order valence-corrected chi connectivity index (χ1v) is 11.6. The first kappa shape index (κ1) is 19.5. The van der Waals surface area contributed by atoms with E-state index in [1.54, 1.807) is 0 Å². The van der Waals surface area contributed by atoms with Crippen LogP contribution in [0.4, 0.5) is 0 Å². The summed E-state index contributed by atoms with van der Waals surface area (Å²) in [4.78, 5) is 20.3. The van der Waals surface area contributed by atoms with Gasteiger partial charge in [-0.1, -0.05) is 36.8 Å². The van der Waals surface area contributed by atoms with Crippen molar-refractivity contribution in [3.8, 4) is 0 Å². The van der Waals surface area contributed by atoms with Crippen LogP contribution in [0.1, 0.15) is 31.2 Å². The van der Waals surface area contributed by atoms with E-state index < -0.39 is 0 Å². The summed E-state index contributed by atoms with van der Waals surface area (Å²) >= 11 is 0. The van der Waals surface area contributed by atoms with Gasteiger partial charge in [-0.15, -0.1) is 0 Å². The molecule has 0 radical (unpaired) electrons. The summed E-state index contributed by atoms with van der Waals surface area (Å²) < 4.78 is 5.43. The smallest absolute Gasteiger partial charge is 0.236 e. The zero-order valence-corrected chi connectivity index (χ0v) is 17.5. The molecule has 5 heteroatoms. The largest absolute Gasteiger partial charge is 0.379 e. The van der Waals surface area contributed by atoms with E-state index in [0.717, 1.165) is 39.4 Å². The Morgan fingerprint density at radius 3 is 2.69 bits per heavy atom. The van der Waals surface area contributed by atoms with Crippen molar-refractivity contribution >= 4 is 5.91 Å². The van der Waals surface area contributed by atoms with Gasteiger partial charge in [-0.05, 0) is 43.1 Å². The molecule has 4 heterocycles. The fourth-order valence-corrected chi connectivity index (χ4v) is 6.27. The molecule has 0 aromatic heterocycles. The van der Waals surface area contributed by atoms with Crippen LogP contribution in [0.5, 0.6) is 0 Å². The highest BCUT2D eigenvalue weighted by molar-refractivity contribution is 5.78. The lowest BCUT2D eigenvalue weighted by Crippen LogP contribution is -2.63. The fraction of sp³-hybridized carbons (Fsp3) is 0.708. The summed E-state index contributed by atoms with van der Waals surface area (Å²) in [6.45, 7) is 7.00. The van der Waals surface area contributed by atoms with Gasteiger partial charge in [-0.25, -0.2) is 0 Å². The molecule has 0 unspecified atom stereocenters. The average molecular weight is 398 g/mol. The van der Waals surface area contributed by atoms with Gasteiger partial charge in [-0.2, -0.15) is 0 Å². The van der Waals surface area contributed by atoms with Crippen LogP contribution in [0.2, 0.25) is 0 Å². The Balaban J connectivity index is 1.23. The third-order valence-electron chi connectivity index (χ3n) is 7.64. The Hall–Kier alpha value is -1.43. The molecule has 29 heavy (non-hydrogen) atoms. The standard InChI is InChI=1S/C24H35N3O2/c28-24(18-25-9-11-29-12-10-25)26-15-20-13-21(17-26)23-8-4-7-22(27(23)16-20)14-19-5-2-1-3-6-19/h1-3,5-6,20-23H,4,7-18H2/t20-,21+,22+,23-/m0/s1. The van der Waals surface area contributed by atoms with Crippen LogP contribution in [0, 0.1) is 11.8 Å². The second kappa shape index (κ2) is 8.75. The number of likely N-dealkylation sites (tertiary alicyclic amines) is 1. The van der Waals surface area contributed by atoms with E-state index in [0.29, 0.717) is 36.4 Å². The molecule has 5 nitrogen and oxygen atoms in total. The summed E-state index contributed by atoms with van der Waals surface area (Å²) in [5.74, 6) is 1.65. The SMILES string of the molecule is O=C(CN1CCOCC1)N1C[C@@H]2C[C@H](C1)[C@@H]1CCC[C@H](Cc3ccccc3)N1C2. The van der Waals surface area contributed by atoms with Crippen LogP contribution in [-0.2, 0) is 16.0 Å². The van der Waals surface area contributed by atoms with Crippen LogP contribution < -0.4 is 0 Å². The van der Waals surface area contributed by atoms with Crippen LogP contribution in [0.25, 0.3) is 0 Å². The summed E-state index contributed by atoms with van der Waals surface area (Å²) in [7, 11) is 0. The summed E-state index contributed by atoms with van der Waals surface area (Å²) in [6, 6.07) is 12.4. The molecule has 158 valence electrons. The van der Waals surface area contributed by atoms with Crippen molar-refractivity contribution in [3.63, 3.8) is 0 Å². The summed E-state index contributed by atoms with van der Waals surface area (Å²) in [5, 5.41) is 0. The van der Waals surface area contributed by atoms with Crippen LogP contribution >= 0.6 is 0 Å². The van der Waals surface area contributed by atoms with E-state index in [1.165, 1.54) is 44.2 Å². The van der Waals surface area contributed by atoms with Crippen LogP contribution in [0.3, 0.4) is 0 Å². The monoisotopic (exact) mass is 397 g/mol. The molecule has 0 N–H and O–H groups in total. The number of benzene rings is 1. The molecule has 5 rings (SSSR count). The maximum absolute atomic E-state index is 13.0. The van der Waals surface area contributed by atoms with E-state index in [9.17, 15) is 4.79 Å². The van der Waals surface area contributed by atoms with Crippen molar-refractivity contribution in [2.24, 2.45) is 11.8 Å². The minimum atomic E-state index is 0.340. The van der Waals surface area contributed by atoms with Gasteiger partial charge >= 0.3 is 0 Å². The normalized spacial score (nSPS) is 33.3. The van der Waals surface area contributed by atoms with E-state index in [2.05, 4.69) is 45.0 Å². The molecule has 4 fully saturated rings. The van der Waals surface area contributed by atoms with Crippen molar-refractivity contribution in [2.75, 3.05) is 52.5 Å². The molecule has 4 atom stereocenters. The number of hydrogen-bond donors (Lipinski definition) is 0. The Labute approximate surface area is 175 Å². The number of morpholine rings is 1. The molecule has 4 saturated heterocycles. The number of piperidine rings is 3. The number of hydrogen-bond acceptors (Lipinski definition) is 4. The van der Waals surface area contributed by atoms with Crippen molar-refractivity contribution in [1.82, 2.24) is 14.7 Å². The summed E-state index contributed by atoms with van der Waals surface area (Å²) in [6.07, 6.45) is 6.47. The maximum atomic E-state index is 13.0. The second-order valence-electron chi connectivity index (χ2n) is 9.59. The van der Waals surface area contributed by atoms with Gasteiger partial charge in [0.25, 0.3) is 0 Å². The second-order valence-corrected chi connectivity index (χ2v) is 9.59. The molecule has 4 aliphatic rings. The van der Waals surface area contributed by atoms with Gasteiger partial charge in [0, 0.05) is 44.8 Å². The Morgan fingerprint density at radius 2 is 1.86 bits per heavy atom. The minimum absolute atomic E-state index is 0.340. The quantitative estimate of drug-likeness (QED) is 0.781. The molecule has 1 amide bonds. The molecule has 4 aliphatic heterocycles. The van der Waals surface area contributed by atoms with Gasteiger partial charge in [0.05, 0.1) is 19.8 Å². The molecule has 0 spiro atoms. The van der Waals surface area contributed by atoms with Crippen molar-refractivity contribution in [1.29, 1.82) is 0 Å². The number of carbonyl (C=O) groups excluding carboxylic acids is 1. The first-order chi connectivity index (χ1) is 14.3. The highest BCUT2D eigenvalue weighted by Crippen LogP contribution is 2.40. The van der Waals surface area contributed by atoms with Crippen molar-refractivity contribution in [3.05, 3.63) is 35.9 Å². The number of fused-ring (bicyclic) bond motifs is 4. The minimum Gasteiger partial charge on any atom is -0.379 e. The van der Waals surface area contributed by atoms with Gasteiger partial charge in [-0.3, -0.25) is 14.6 Å². The van der Waals surface area contributed by atoms with E-state index in [1.807, 2.05) is 0 Å². The fourth-order valence-electron chi connectivity index (χ4n) is 6.27. The molecular weight excluding hydrogens is 362 g/mol. The third-order valence-corrected chi connectivity index (χ3v) is 7.64. The topological polar surface area (TPSA) is 36.0 Å². The van der Waals surface area contributed by atoms with Gasteiger partial charge in [0.15, 0.2) is 0 Å². The molecule has 1 aromatic carbocycles. The van der Waals surface area contributed by atoms with Crippen LogP contribution in [-0.4, -0.2) is 85.2 Å². The lowest BCUT2D eigenvalue weighted by atomic mass is 9.74. The van der Waals surface area contributed by atoms with E-state index >= 15 is 0 Å². The number of carbonyl (C=O) groups is 1. The zero-order chi connectivity index (χ0) is 19.6. The number of ether oxygens (including phenoxy) is 1. The first-order valence-electron chi connectivity index (χ1n) is 11.6. The van der Waals surface area contributed by atoms with Crippen LogP contribution in [0.15, 0.2) is 30.3 Å². The molecule has 0 aliphatic carbocycles. The van der Waals surface area contributed by atoms with E-state index in [4.69, 9.17) is 4.74 Å². The molecular formula is C24H35N3O2. The predicted octanol–water partition coefficient (Wildman–Crippen LogP) is 2.26. The van der Waals surface area contributed by atoms with Gasteiger partial charge < -0.3 is 9.64 Å². The zero-order valence-electron chi connectivity index (χ0n) is 17.5. The summed E-state index contributed by atoms with van der Waals surface area (Å²) in [5.41, 5.74) is 1.47. The van der Waals surface area contributed by atoms with Crippen molar-refractivity contribution in [2.45, 2.75) is 44.2 Å². The average Bonchev–Trinajstić information content (AvgIpc) is 2.76. The maximum Gasteiger partial charge on any atom is 0.236 e. The molecule has 2 bridgehead atoms. The Bertz CT molecular complexity index is 691. The predicted molar refractivity (Wildman–Crippen MR) is 114 cm³/mol. The molecule has 0 saturated carbocycles. The van der Waals surface area contributed by atoms with E-state index in [-0.39, 0.29) is 0 Å². The van der Waals surface area contributed by atoms with Gasteiger partial charge in [0.2, 0.25) is 5.91 Å². The number of nitrogens with zero attached hydrogens (tertiary/aromatic N) is 3. The third kappa shape index (κ3) is 4.37. The van der Waals surface area contributed by atoms with Gasteiger partial charge in [0.1, 0.15) is 0 Å². The number of amides is 1. The van der Waals surface area contributed by atoms with Crippen molar-refractivity contribution < 1.29 is 9.53 Å². The lowest BCUT2D eigenvalue weighted by Gasteiger charge is -2.55. The number of rotatable bonds is 4. The highest BCUT2D eigenvalue weighted by atomic mass is 16.5. The highest BCUT2D eigenvalue weighted by Gasteiger charge is 2.45. The molecule has 1 aromatic rings. The Kier molecular flexibility index (Phi) is 5.89. The lowest BCUT2D eigenvalue weighted by molar-refractivity contribution is -0.141. The Morgan fingerprint density at radius 1 is 1.03 bits per heavy atom.